The first kappa shape index (κ1) is 12.8. The van der Waals surface area contributed by atoms with Crippen molar-refractivity contribution in [3.63, 3.8) is 0 Å². The molecule has 0 saturated carbocycles. The van der Waals surface area contributed by atoms with Gasteiger partial charge in [0, 0.05) is 19.0 Å². The van der Waals surface area contributed by atoms with Crippen LogP contribution in [0.1, 0.15) is 0 Å². The summed E-state index contributed by atoms with van der Waals surface area (Å²) in [4.78, 5) is 4.37. The lowest BCUT2D eigenvalue weighted by Gasteiger charge is -2.18. The van der Waals surface area contributed by atoms with Crippen molar-refractivity contribution in [3.8, 4) is 5.75 Å². The molecule has 1 heterocycles. The van der Waals surface area contributed by atoms with E-state index in [9.17, 15) is 0 Å². The Labute approximate surface area is 107 Å². The van der Waals surface area contributed by atoms with E-state index in [1.54, 1.807) is 13.3 Å². The number of aromatic nitrogens is 1. The second kappa shape index (κ2) is 6.33. The summed E-state index contributed by atoms with van der Waals surface area (Å²) in [6.45, 7) is 1.29. The fourth-order valence-electron chi connectivity index (χ4n) is 1.86. The molecule has 1 N–H and O–H groups in total. The Morgan fingerprint density at radius 2 is 2.17 bits per heavy atom. The van der Waals surface area contributed by atoms with Crippen LogP contribution in [-0.2, 0) is 4.74 Å². The molecule has 1 unspecified atom stereocenters. The third-order valence-corrected chi connectivity index (χ3v) is 2.65. The van der Waals surface area contributed by atoms with E-state index in [1.165, 1.54) is 0 Å². The minimum atomic E-state index is -0.0111. The smallest absolute Gasteiger partial charge is 0.138 e. The molecule has 1 atom stereocenters. The summed E-state index contributed by atoms with van der Waals surface area (Å²) in [5, 5.41) is 4.16. The standard InChI is InChI=1S/C14H18N2O2/c1-15-8-13(10-17-2)18-12-7-11-5-3-4-6-14(11)16-9-12/h3-7,9,13,15H,8,10H2,1-2H3. The van der Waals surface area contributed by atoms with Gasteiger partial charge in [0.2, 0.25) is 0 Å². The number of rotatable bonds is 6. The van der Waals surface area contributed by atoms with E-state index < -0.39 is 0 Å². The Balaban J connectivity index is 2.14. The third kappa shape index (κ3) is 3.18. The highest BCUT2D eigenvalue weighted by molar-refractivity contribution is 5.79. The lowest BCUT2D eigenvalue weighted by molar-refractivity contribution is 0.0817. The number of benzene rings is 1. The predicted molar refractivity (Wildman–Crippen MR) is 72.0 cm³/mol. The van der Waals surface area contributed by atoms with Gasteiger partial charge in [-0.1, -0.05) is 18.2 Å². The molecule has 0 aliphatic heterocycles. The summed E-state index contributed by atoms with van der Waals surface area (Å²) < 4.78 is 11.0. The zero-order chi connectivity index (χ0) is 12.8. The number of pyridine rings is 1. The van der Waals surface area contributed by atoms with Crippen molar-refractivity contribution in [1.29, 1.82) is 0 Å². The van der Waals surface area contributed by atoms with Gasteiger partial charge in [-0.05, 0) is 19.2 Å². The molecule has 0 bridgehead atoms. The molecule has 0 spiro atoms. The van der Waals surface area contributed by atoms with E-state index in [0.717, 1.165) is 23.2 Å². The quantitative estimate of drug-likeness (QED) is 0.844. The average Bonchev–Trinajstić information content (AvgIpc) is 2.39. The van der Waals surface area contributed by atoms with E-state index in [-0.39, 0.29) is 6.10 Å². The molecule has 4 nitrogen and oxygen atoms in total. The number of hydrogen-bond acceptors (Lipinski definition) is 4. The summed E-state index contributed by atoms with van der Waals surface area (Å²) in [7, 11) is 3.56. The first-order valence-corrected chi connectivity index (χ1v) is 5.98. The van der Waals surface area contributed by atoms with Gasteiger partial charge >= 0.3 is 0 Å². The van der Waals surface area contributed by atoms with Crippen molar-refractivity contribution in [2.45, 2.75) is 6.10 Å². The summed E-state index contributed by atoms with van der Waals surface area (Å²) in [6.07, 6.45) is 1.74. The van der Waals surface area contributed by atoms with Crippen molar-refractivity contribution in [2.75, 3.05) is 27.3 Å². The van der Waals surface area contributed by atoms with Crippen molar-refractivity contribution in [1.82, 2.24) is 10.3 Å². The zero-order valence-electron chi connectivity index (χ0n) is 10.7. The molecule has 96 valence electrons. The highest BCUT2D eigenvalue weighted by atomic mass is 16.5. The Bertz CT molecular complexity index is 496. The Morgan fingerprint density at radius 1 is 1.33 bits per heavy atom. The minimum Gasteiger partial charge on any atom is -0.485 e. The van der Waals surface area contributed by atoms with Gasteiger partial charge < -0.3 is 14.8 Å². The van der Waals surface area contributed by atoms with Gasteiger partial charge in [0.1, 0.15) is 11.9 Å². The fraction of sp³-hybridized carbons (Fsp3) is 0.357. The maximum Gasteiger partial charge on any atom is 0.138 e. The van der Waals surface area contributed by atoms with Crippen LogP contribution in [-0.4, -0.2) is 38.4 Å². The van der Waals surface area contributed by atoms with Crippen LogP contribution in [0.15, 0.2) is 36.5 Å². The predicted octanol–water partition coefficient (Wildman–Crippen LogP) is 1.85. The summed E-state index contributed by atoms with van der Waals surface area (Å²) in [5.74, 6) is 0.769. The summed E-state index contributed by atoms with van der Waals surface area (Å²) >= 11 is 0. The number of nitrogens with one attached hydrogen (secondary N) is 1. The molecular weight excluding hydrogens is 228 g/mol. The molecule has 4 heteroatoms. The molecular formula is C14H18N2O2. The van der Waals surface area contributed by atoms with E-state index >= 15 is 0 Å². The van der Waals surface area contributed by atoms with Crippen LogP contribution in [0.4, 0.5) is 0 Å². The number of hydrogen-bond donors (Lipinski definition) is 1. The van der Waals surface area contributed by atoms with Crippen molar-refractivity contribution in [3.05, 3.63) is 36.5 Å². The maximum atomic E-state index is 5.85. The number of likely N-dealkylation sites (N-methyl/N-ethyl adjacent to an activating group) is 1. The maximum absolute atomic E-state index is 5.85. The lowest BCUT2D eigenvalue weighted by Crippen LogP contribution is -2.33. The average molecular weight is 246 g/mol. The number of fused-ring (bicyclic) bond motifs is 1. The molecule has 1 aromatic carbocycles. The molecule has 1 aromatic heterocycles. The van der Waals surface area contributed by atoms with Gasteiger partial charge in [0.05, 0.1) is 18.3 Å². The number of ether oxygens (including phenoxy) is 2. The van der Waals surface area contributed by atoms with Crippen molar-refractivity contribution in [2.24, 2.45) is 0 Å². The molecule has 0 fully saturated rings. The minimum absolute atomic E-state index is 0.0111. The summed E-state index contributed by atoms with van der Waals surface area (Å²) in [6, 6.07) is 9.98. The zero-order valence-corrected chi connectivity index (χ0v) is 10.7. The highest BCUT2D eigenvalue weighted by Gasteiger charge is 2.09. The van der Waals surface area contributed by atoms with Crippen LogP contribution >= 0.6 is 0 Å². The molecule has 2 aromatic rings. The van der Waals surface area contributed by atoms with Crippen LogP contribution in [0.25, 0.3) is 10.9 Å². The van der Waals surface area contributed by atoms with Gasteiger partial charge in [0.15, 0.2) is 0 Å². The van der Waals surface area contributed by atoms with Crippen LogP contribution in [0.3, 0.4) is 0 Å². The molecule has 0 aliphatic rings. The molecule has 2 rings (SSSR count). The highest BCUT2D eigenvalue weighted by Crippen LogP contribution is 2.18. The van der Waals surface area contributed by atoms with Gasteiger partial charge in [-0.25, -0.2) is 0 Å². The van der Waals surface area contributed by atoms with Crippen LogP contribution in [0, 0.1) is 0 Å². The molecule has 0 amide bonds. The second-order valence-electron chi connectivity index (χ2n) is 4.12. The van der Waals surface area contributed by atoms with Crippen molar-refractivity contribution >= 4 is 10.9 Å². The molecule has 0 saturated heterocycles. The normalized spacial score (nSPS) is 12.6. The van der Waals surface area contributed by atoms with Crippen LogP contribution in [0.5, 0.6) is 5.75 Å². The Kier molecular flexibility index (Phi) is 4.50. The topological polar surface area (TPSA) is 43.4 Å². The van der Waals surface area contributed by atoms with E-state index in [4.69, 9.17) is 9.47 Å². The monoisotopic (exact) mass is 246 g/mol. The number of methoxy groups -OCH3 is 1. The number of para-hydroxylation sites is 1. The third-order valence-electron chi connectivity index (χ3n) is 2.65. The Morgan fingerprint density at radius 3 is 2.94 bits per heavy atom. The van der Waals surface area contributed by atoms with Gasteiger partial charge in [-0.2, -0.15) is 0 Å². The second-order valence-corrected chi connectivity index (χ2v) is 4.12. The van der Waals surface area contributed by atoms with Crippen LogP contribution < -0.4 is 10.1 Å². The molecule has 0 radical (unpaired) electrons. The van der Waals surface area contributed by atoms with Gasteiger partial charge in [-0.15, -0.1) is 0 Å². The van der Waals surface area contributed by atoms with E-state index in [1.807, 2.05) is 37.4 Å². The largest absolute Gasteiger partial charge is 0.485 e. The van der Waals surface area contributed by atoms with E-state index in [0.29, 0.717) is 6.61 Å². The molecule has 18 heavy (non-hydrogen) atoms. The fourth-order valence-corrected chi connectivity index (χ4v) is 1.86. The first-order chi connectivity index (χ1) is 8.83. The lowest BCUT2D eigenvalue weighted by atomic mass is 10.2. The van der Waals surface area contributed by atoms with E-state index in [2.05, 4.69) is 10.3 Å². The van der Waals surface area contributed by atoms with Gasteiger partial charge in [-0.3, -0.25) is 4.98 Å². The molecule has 0 aliphatic carbocycles. The Hall–Kier alpha value is -1.65. The van der Waals surface area contributed by atoms with Crippen LogP contribution in [0.2, 0.25) is 0 Å². The summed E-state index contributed by atoms with van der Waals surface area (Å²) in [5.41, 5.74) is 0.974. The van der Waals surface area contributed by atoms with Gasteiger partial charge in [0.25, 0.3) is 0 Å². The SMILES string of the molecule is CNCC(COC)Oc1cnc2ccccc2c1. The number of nitrogens with zero attached hydrogens (tertiary/aromatic N) is 1. The van der Waals surface area contributed by atoms with Crippen molar-refractivity contribution < 1.29 is 9.47 Å². The first-order valence-electron chi connectivity index (χ1n) is 5.98.